The van der Waals surface area contributed by atoms with Crippen molar-refractivity contribution in [3.8, 4) is 11.5 Å². The Morgan fingerprint density at radius 2 is 1.82 bits per heavy atom. The third kappa shape index (κ3) is 3.92. The van der Waals surface area contributed by atoms with Crippen molar-refractivity contribution in [1.29, 1.82) is 0 Å². The smallest absolute Gasteiger partial charge is 0.308 e. The number of para-hydroxylation sites is 2. The zero-order chi connectivity index (χ0) is 15.9. The van der Waals surface area contributed by atoms with Crippen LogP contribution in [0.1, 0.15) is 22.8 Å². The first-order valence-corrected chi connectivity index (χ1v) is 6.47. The molecule has 6 nitrogen and oxygen atoms in total. The van der Waals surface area contributed by atoms with Gasteiger partial charge in [-0.15, -0.1) is 0 Å². The molecule has 0 spiro atoms. The van der Waals surface area contributed by atoms with Gasteiger partial charge in [-0.25, -0.2) is 5.43 Å². The molecule has 2 aromatic rings. The number of hydrogen-bond donors (Lipinski definition) is 2. The number of nitrogens with zero attached hydrogens (tertiary/aromatic N) is 1. The quantitative estimate of drug-likeness (QED) is 0.391. The Morgan fingerprint density at radius 3 is 2.55 bits per heavy atom. The highest BCUT2D eigenvalue weighted by Crippen LogP contribution is 2.18. The SMILES string of the molecule is CC(=O)Oc1ccccc1C(=O)NN=Cc1ccccc1O. The third-order valence-electron chi connectivity index (χ3n) is 2.69. The number of carbonyl (C=O) groups is 2. The van der Waals surface area contributed by atoms with Gasteiger partial charge in [0.2, 0.25) is 0 Å². The normalized spacial score (nSPS) is 10.4. The lowest BCUT2D eigenvalue weighted by atomic mass is 10.2. The van der Waals surface area contributed by atoms with E-state index in [1.807, 2.05) is 0 Å². The van der Waals surface area contributed by atoms with E-state index in [4.69, 9.17) is 4.74 Å². The molecular weight excluding hydrogens is 284 g/mol. The van der Waals surface area contributed by atoms with Crippen LogP contribution in [0.2, 0.25) is 0 Å². The third-order valence-corrected chi connectivity index (χ3v) is 2.69. The minimum absolute atomic E-state index is 0.0563. The lowest BCUT2D eigenvalue weighted by molar-refractivity contribution is -0.131. The molecule has 0 fully saturated rings. The molecule has 2 N–H and O–H groups in total. The van der Waals surface area contributed by atoms with Gasteiger partial charge in [0, 0.05) is 12.5 Å². The van der Waals surface area contributed by atoms with E-state index in [0.29, 0.717) is 5.56 Å². The zero-order valence-electron chi connectivity index (χ0n) is 11.8. The molecule has 0 unspecified atom stereocenters. The maximum absolute atomic E-state index is 12.0. The molecule has 0 atom stereocenters. The number of phenolic OH excluding ortho intramolecular Hbond substituents is 1. The maximum Gasteiger partial charge on any atom is 0.308 e. The van der Waals surface area contributed by atoms with Crippen molar-refractivity contribution in [3.63, 3.8) is 0 Å². The Morgan fingerprint density at radius 1 is 1.14 bits per heavy atom. The number of ether oxygens (including phenoxy) is 1. The first kappa shape index (κ1) is 15.2. The Hall–Kier alpha value is -3.15. The molecule has 112 valence electrons. The van der Waals surface area contributed by atoms with Crippen molar-refractivity contribution >= 4 is 18.1 Å². The van der Waals surface area contributed by atoms with Gasteiger partial charge in [-0.05, 0) is 24.3 Å². The van der Waals surface area contributed by atoms with Gasteiger partial charge in [0.25, 0.3) is 5.91 Å². The van der Waals surface area contributed by atoms with Gasteiger partial charge in [0.15, 0.2) is 0 Å². The summed E-state index contributed by atoms with van der Waals surface area (Å²) in [6.07, 6.45) is 1.32. The lowest BCUT2D eigenvalue weighted by Crippen LogP contribution is -2.19. The minimum atomic E-state index is -0.525. The minimum Gasteiger partial charge on any atom is -0.507 e. The van der Waals surface area contributed by atoms with Crippen molar-refractivity contribution in [3.05, 3.63) is 59.7 Å². The molecule has 1 amide bonds. The number of nitrogens with one attached hydrogen (secondary N) is 1. The molecule has 6 heteroatoms. The summed E-state index contributed by atoms with van der Waals surface area (Å²) in [5.41, 5.74) is 2.97. The molecule has 0 radical (unpaired) electrons. The molecule has 0 aromatic heterocycles. The Labute approximate surface area is 127 Å². The molecule has 0 aliphatic heterocycles. The molecule has 22 heavy (non-hydrogen) atoms. The van der Waals surface area contributed by atoms with Crippen LogP contribution in [0.15, 0.2) is 53.6 Å². The molecule has 0 saturated carbocycles. The summed E-state index contributed by atoms with van der Waals surface area (Å²) < 4.78 is 4.96. The fourth-order valence-electron chi connectivity index (χ4n) is 1.72. The second kappa shape index (κ2) is 7.03. The van der Waals surface area contributed by atoms with E-state index in [9.17, 15) is 14.7 Å². The molecule has 0 saturated heterocycles. The second-order valence-electron chi connectivity index (χ2n) is 4.35. The Balaban J connectivity index is 2.10. The molecule has 0 aliphatic carbocycles. The molecular formula is C16H14N2O4. The monoisotopic (exact) mass is 298 g/mol. The van der Waals surface area contributed by atoms with Crippen LogP contribution in [-0.2, 0) is 4.79 Å². The summed E-state index contributed by atoms with van der Waals surface area (Å²) >= 11 is 0. The summed E-state index contributed by atoms with van der Waals surface area (Å²) in [6.45, 7) is 1.25. The van der Waals surface area contributed by atoms with Gasteiger partial charge in [0.1, 0.15) is 11.5 Å². The van der Waals surface area contributed by atoms with E-state index >= 15 is 0 Å². The van der Waals surface area contributed by atoms with Crippen molar-refractivity contribution in [2.24, 2.45) is 5.10 Å². The topological polar surface area (TPSA) is 88.0 Å². The molecule has 0 aliphatic rings. The number of carbonyl (C=O) groups excluding carboxylic acids is 2. The van der Waals surface area contributed by atoms with Crippen LogP contribution in [0.3, 0.4) is 0 Å². The van der Waals surface area contributed by atoms with Gasteiger partial charge in [-0.2, -0.15) is 5.10 Å². The number of benzene rings is 2. The Bertz CT molecular complexity index is 726. The van der Waals surface area contributed by atoms with Crippen LogP contribution in [0.4, 0.5) is 0 Å². The molecule has 0 bridgehead atoms. The largest absolute Gasteiger partial charge is 0.507 e. The maximum atomic E-state index is 12.0. The van der Waals surface area contributed by atoms with E-state index in [0.717, 1.165) is 0 Å². The summed E-state index contributed by atoms with van der Waals surface area (Å²) in [4.78, 5) is 23.1. The number of aromatic hydroxyl groups is 1. The molecule has 2 aromatic carbocycles. The van der Waals surface area contributed by atoms with Crippen LogP contribution >= 0.6 is 0 Å². The summed E-state index contributed by atoms with van der Waals surface area (Å²) in [7, 11) is 0. The average Bonchev–Trinajstić information content (AvgIpc) is 2.49. The van der Waals surface area contributed by atoms with Crippen LogP contribution in [-0.4, -0.2) is 23.2 Å². The van der Waals surface area contributed by atoms with E-state index < -0.39 is 11.9 Å². The highest BCUT2D eigenvalue weighted by molar-refractivity contribution is 5.98. The fourth-order valence-corrected chi connectivity index (χ4v) is 1.72. The summed E-state index contributed by atoms with van der Waals surface area (Å²) in [5, 5.41) is 13.3. The fraction of sp³-hybridized carbons (Fsp3) is 0.0625. The van der Waals surface area contributed by atoms with Gasteiger partial charge in [-0.3, -0.25) is 9.59 Å². The summed E-state index contributed by atoms with van der Waals surface area (Å²) in [5.74, 6) is -0.826. The first-order chi connectivity index (χ1) is 10.6. The lowest BCUT2D eigenvalue weighted by Gasteiger charge is -2.07. The van der Waals surface area contributed by atoms with E-state index in [1.54, 1.807) is 30.3 Å². The van der Waals surface area contributed by atoms with Gasteiger partial charge in [0.05, 0.1) is 11.8 Å². The Kier molecular flexibility index (Phi) is 4.87. The predicted octanol–water partition coefficient (Wildman–Crippen LogP) is 2.08. The number of phenols is 1. The van der Waals surface area contributed by atoms with Crippen LogP contribution in [0.5, 0.6) is 11.5 Å². The second-order valence-corrected chi connectivity index (χ2v) is 4.35. The number of hydrogen-bond acceptors (Lipinski definition) is 5. The van der Waals surface area contributed by atoms with Gasteiger partial charge >= 0.3 is 5.97 Å². The van der Waals surface area contributed by atoms with E-state index in [2.05, 4.69) is 10.5 Å². The first-order valence-electron chi connectivity index (χ1n) is 6.47. The number of hydrazone groups is 1. The van der Waals surface area contributed by atoms with Crippen LogP contribution < -0.4 is 10.2 Å². The predicted molar refractivity (Wildman–Crippen MR) is 80.9 cm³/mol. The van der Waals surface area contributed by atoms with Gasteiger partial charge < -0.3 is 9.84 Å². The van der Waals surface area contributed by atoms with Crippen molar-refractivity contribution in [2.75, 3.05) is 0 Å². The van der Waals surface area contributed by atoms with Gasteiger partial charge in [-0.1, -0.05) is 24.3 Å². The molecule has 2 rings (SSSR count). The number of amides is 1. The van der Waals surface area contributed by atoms with E-state index in [1.165, 1.54) is 31.3 Å². The average molecular weight is 298 g/mol. The standard InChI is InChI=1S/C16H14N2O4/c1-11(19)22-15-9-5-3-7-13(15)16(21)18-17-10-12-6-2-4-8-14(12)20/h2-10,20H,1H3,(H,18,21). The van der Waals surface area contributed by atoms with Crippen LogP contribution in [0, 0.1) is 0 Å². The number of esters is 1. The highest BCUT2D eigenvalue weighted by Gasteiger charge is 2.12. The van der Waals surface area contributed by atoms with Crippen LogP contribution in [0.25, 0.3) is 0 Å². The highest BCUT2D eigenvalue weighted by atomic mass is 16.5. The van der Waals surface area contributed by atoms with Crippen molar-refractivity contribution < 1.29 is 19.4 Å². The number of rotatable bonds is 4. The van der Waals surface area contributed by atoms with Crippen molar-refractivity contribution in [1.82, 2.24) is 5.43 Å². The summed E-state index contributed by atoms with van der Waals surface area (Å²) in [6, 6.07) is 12.9. The van der Waals surface area contributed by atoms with E-state index in [-0.39, 0.29) is 17.1 Å². The zero-order valence-corrected chi connectivity index (χ0v) is 11.8. The molecule has 0 heterocycles. The van der Waals surface area contributed by atoms with Crippen molar-refractivity contribution in [2.45, 2.75) is 6.92 Å².